The molecule has 0 amide bonds. The summed E-state index contributed by atoms with van der Waals surface area (Å²) in [4.78, 5) is 28.5. The summed E-state index contributed by atoms with van der Waals surface area (Å²) in [6, 6.07) is 12.0. The lowest BCUT2D eigenvalue weighted by Crippen LogP contribution is -2.21. The van der Waals surface area contributed by atoms with Gasteiger partial charge in [-0.05, 0) is 42.3 Å². The number of aromatic carboxylic acids is 1. The Morgan fingerprint density at radius 2 is 2.08 bits per heavy atom. The molecule has 0 saturated heterocycles. The summed E-state index contributed by atoms with van der Waals surface area (Å²) in [5, 5.41) is 9.60. The van der Waals surface area contributed by atoms with Gasteiger partial charge in [-0.25, -0.2) is 9.78 Å². The Hall–Kier alpha value is -3.41. The standard InChI is InChI=1S/C20H16N2O4/c1-26-17-5-3-2-4-12(17)10-13-8-9-22-18(13)21-16-11-14(20(24)25)6-7-15(16)19(22)23/h2-7,10-11H,8-9H2,1H3,(H,24,25)/b13-10-. The molecule has 4 rings (SSSR count). The molecule has 0 unspecified atom stereocenters. The second kappa shape index (κ2) is 6.15. The quantitative estimate of drug-likeness (QED) is 0.787. The number of hydrogen-bond donors (Lipinski definition) is 1. The number of nitrogens with zero attached hydrogens (tertiary/aromatic N) is 2. The van der Waals surface area contributed by atoms with Crippen LogP contribution in [0.15, 0.2) is 47.3 Å². The Morgan fingerprint density at radius 1 is 1.27 bits per heavy atom. The molecule has 3 aromatic rings. The molecule has 0 saturated carbocycles. The van der Waals surface area contributed by atoms with Crippen molar-refractivity contribution in [3.63, 3.8) is 0 Å². The van der Waals surface area contributed by atoms with E-state index in [2.05, 4.69) is 4.98 Å². The van der Waals surface area contributed by atoms with Crippen LogP contribution in [0.1, 0.15) is 28.2 Å². The largest absolute Gasteiger partial charge is 0.496 e. The summed E-state index contributed by atoms with van der Waals surface area (Å²) in [5.41, 5.74) is 2.20. The average Bonchev–Trinajstić information content (AvgIpc) is 3.05. The van der Waals surface area contributed by atoms with Crippen LogP contribution in [0.25, 0.3) is 22.6 Å². The van der Waals surface area contributed by atoms with E-state index in [0.29, 0.717) is 29.7 Å². The number of hydrogen-bond acceptors (Lipinski definition) is 4. The molecule has 130 valence electrons. The van der Waals surface area contributed by atoms with Gasteiger partial charge in [-0.1, -0.05) is 18.2 Å². The topological polar surface area (TPSA) is 81.4 Å². The number of carbonyl (C=O) groups is 1. The highest BCUT2D eigenvalue weighted by atomic mass is 16.5. The van der Waals surface area contributed by atoms with Crippen LogP contribution in [0, 0.1) is 0 Å². The fourth-order valence-electron chi connectivity index (χ4n) is 3.26. The van der Waals surface area contributed by atoms with Crippen LogP contribution in [-0.4, -0.2) is 27.7 Å². The maximum Gasteiger partial charge on any atom is 0.335 e. The zero-order valence-corrected chi connectivity index (χ0v) is 14.1. The summed E-state index contributed by atoms with van der Waals surface area (Å²) in [5.74, 6) is 0.282. The van der Waals surface area contributed by atoms with E-state index in [1.54, 1.807) is 11.7 Å². The lowest BCUT2D eigenvalue weighted by Gasteiger charge is -2.07. The van der Waals surface area contributed by atoms with Crippen molar-refractivity contribution in [1.29, 1.82) is 0 Å². The predicted molar refractivity (Wildman–Crippen MR) is 98.4 cm³/mol. The first-order valence-electron chi connectivity index (χ1n) is 8.20. The molecular weight excluding hydrogens is 332 g/mol. The van der Waals surface area contributed by atoms with E-state index in [4.69, 9.17) is 4.74 Å². The zero-order chi connectivity index (χ0) is 18.3. The first kappa shape index (κ1) is 16.1. The Morgan fingerprint density at radius 3 is 2.85 bits per heavy atom. The molecule has 0 radical (unpaired) electrons. The van der Waals surface area contributed by atoms with Crippen molar-refractivity contribution in [3.05, 3.63) is 69.8 Å². The van der Waals surface area contributed by atoms with E-state index in [0.717, 1.165) is 16.9 Å². The number of allylic oxidation sites excluding steroid dienone is 1. The second-order valence-electron chi connectivity index (χ2n) is 6.09. The van der Waals surface area contributed by atoms with Gasteiger partial charge in [-0.3, -0.25) is 9.36 Å². The number of para-hydroxylation sites is 1. The maximum atomic E-state index is 12.7. The van der Waals surface area contributed by atoms with Crippen LogP contribution in [0.4, 0.5) is 0 Å². The van der Waals surface area contributed by atoms with Crippen molar-refractivity contribution in [1.82, 2.24) is 9.55 Å². The first-order chi connectivity index (χ1) is 12.6. The van der Waals surface area contributed by atoms with Crippen molar-refractivity contribution in [2.75, 3.05) is 7.11 Å². The van der Waals surface area contributed by atoms with Crippen LogP contribution < -0.4 is 10.3 Å². The number of methoxy groups -OCH3 is 1. The van der Waals surface area contributed by atoms with E-state index in [1.807, 2.05) is 30.3 Å². The van der Waals surface area contributed by atoms with Crippen LogP contribution >= 0.6 is 0 Å². The lowest BCUT2D eigenvalue weighted by molar-refractivity contribution is 0.0697. The normalized spacial score (nSPS) is 14.6. The van der Waals surface area contributed by atoms with Crippen molar-refractivity contribution in [2.45, 2.75) is 13.0 Å². The molecule has 6 heteroatoms. The van der Waals surface area contributed by atoms with E-state index in [9.17, 15) is 14.7 Å². The van der Waals surface area contributed by atoms with Gasteiger partial charge >= 0.3 is 5.97 Å². The highest BCUT2D eigenvalue weighted by Crippen LogP contribution is 2.30. The molecule has 2 heterocycles. The number of ether oxygens (including phenoxy) is 1. The van der Waals surface area contributed by atoms with E-state index in [1.165, 1.54) is 18.2 Å². The number of fused-ring (bicyclic) bond motifs is 2. The summed E-state index contributed by atoms with van der Waals surface area (Å²) >= 11 is 0. The molecular formula is C20H16N2O4. The van der Waals surface area contributed by atoms with Gasteiger partial charge in [0.15, 0.2) is 0 Å². The van der Waals surface area contributed by atoms with E-state index < -0.39 is 5.97 Å². The number of aromatic nitrogens is 2. The van der Waals surface area contributed by atoms with Crippen molar-refractivity contribution in [2.24, 2.45) is 0 Å². The van der Waals surface area contributed by atoms with Crippen LogP contribution in [0.3, 0.4) is 0 Å². The summed E-state index contributed by atoms with van der Waals surface area (Å²) in [6.07, 6.45) is 2.65. The number of carboxylic acids is 1. The minimum atomic E-state index is -1.04. The molecule has 0 aliphatic carbocycles. The molecule has 0 spiro atoms. The molecule has 26 heavy (non-hydrogen) atoms. The SMILES string of the molecule is COc1ccccc1/C=C1/CCn2c1nc1cc(C(=O)O)ccc1c2=O. The maximum absolute atomic E-state index is 12.7. The van der Waals surface area contributed by atoms with Crippen LogP contribution in [0.5, 0.6) is 5.75 Å². The highest BCUT2D eigenvalue weighted by molar-refractivity contribution is 5.93. The third-order valence-corrected chi connectivity index (χ3v) is 4.56. The van der Waals surface area contributed by atoms with Crippen LogP contribution in [-0.2, 0) is 6.54 Å². The Bertz CT molecular complexity index is 1130. The molecule has 1 aromatic heterocycles. The Balaban J connectivity index is 1.90. The van der Waals surface area contributed by atoms with Crippen molar-refractivity contribution >= 4 is 28.5 Å². The van der Waals surface area contributed by atoms with Gasteiger partial charge in [0.2, 0.25) is 0 Å². The fourth-order valence-corrected chi connectivity index (χ4v) is 3.26. The van der Waals surface area contributed by atoms with E-state index >= 15 is 0 Å². The van der Waals surface area contributed by atoms with Gasteiger partial charge in [0.05, 0.1) is 23.6 Å². The van der Waals surface area contributed by atoms with Gasteiger partial charge in [-0.2, -0.15) is 0 Å². The monoisotopic (exact) mass is 348 g/mol. The highest BCUT2D eigenvalue weighted by Gasteiger charge is 2.21. The first-order valence-corrected chi connectivity index (χ1v) is 8.20. The third kappa shape index (κ3) is 2.56. The zero-order valence-electron chi connectivity index (χ0n) is 14.1. The molecule has 1 aliphatic rings. The Kier molecular flexibility index (Phi) is 3.80. The number of benzene rings is 2. The van der Waals surface area contributed by atoms with Crippen LogP contribution in [0.2, 0.25) is 0 Å². The third-order valence-electron chi connectivity index (χ3n) is 4.56. The molecule has 1 aliphatic heterocycles. The minimum Gasteiger partial charge on any atom is -0.496 e. The molecule has 1 N–H and O–H groups in total. The van der Waals surface area contributed by atoms with Gasteiger partial charge < -0.3 is 9.84 Å². The summed E-state index contributed by atoms with van der Waals surface area (Å²) < 4.78 is 7.02. The molecule has 2 aromatic carbocycles. The molecule has 6 nitrogen and oxygen atoms in total. The van der Waals surface area contributed by atoms with Gasteiger partial charge in [0.25, 0.3) is 5.56 Å². The molecule has 0 bridgehead atoms. The van der Waals surface area contributed by atoms with Gasteiger partial charge in [-0.15, -0.1) is 0 Å². The van der Waals surface area contributed by atoms with Gasteiger partial charge in [0.1, 0.15) is 11.6 Å². The van der Waals surface area contributed by atoms with Gasteiger partial charge in [0, 0.05) is 12.1 Å². The predicted octanol–water partition coefficient (Wildman–Crippen LogP) is 3.05. The fraction of sp³-hybridized carbons (Fsp3) is 0.150. The Labute approximate surface area is 149 Å². The van der Waals surface area contributed by atoms with E-state index in [-0.39, 0.29) is 11.1 Å². The molecule has 0 atom stereocenters. The average molecular weight is 348 g/mol. The molecule has 0 fully saturated rings. The van der Waals surface area contributed by atoms with Crippen molar-refractivity contribution < 1.29 is 14.6 Å². The minimum absolute atomic E-state index is 0.114. The van der Waals surface area contributed by atoms with Crippen molar-refractivity contribution in [3.8, 4) is 5.75 Å². The smallest absolute Gasteiger partial charge is 0.335 e. The second-order valence-corrected chi connectivity index (χ2v) is 6.09. The summed E-state index contributed by atoms with van der Waals surface area (Å²) in [6.45, 7) is 0.554. The number of rotatable bonds is 3. The number of carboxylic acid groups (broad SMARTS) is 1. The lowest BCUT2D eigenvalue weighted by atomic mass is 10.1. The summed E-state index contributed by atoms with van der Waals surface area (Å²) in [7, 11) is 1.61.